The van der Waals surface area contributed by atoms with Gasteiger partial charge >= 0.3 is 11.7 Å². The molecule has 0 aliphatic rings. The number of carbonyl (C=O) groups is 1. The highest BCUT2D eigenvalue weighted by molar-refractivity contribution is 6.31. The topological polar surface area (TPSA) is 89.7 Å². The lowest BCUT2D eigenvalue weighted by atomic mass is 10.2. The number of hydrogen-bond donors (Lipinski definition) is 1. The monoisotopic (exact) mass is 311 g/mol. The van der Waals surface area contributed by atoms with Crippen molar-refractivity contribution in [3.8, 4) is 11.5 Å². The summed E-state index contributed by atoms with van der Waals surface area (Å²) >= 11 is 5.69. The molecule has 21 heavy (non-hydrogen) atoms. The molecule has 0 radical (unpaired) electrons. The van der Waals surface area contributed by atoms with Gasteiger partial charge in [-0.05, 0) is 24.3 Å². The van der Waals surface area contributed by atoms with Crippen molar-refractivity contribution in [3.05, 3.63) is 62.9 Å². The van der Waals surface area contributed by atoms with Crippen LogP contribution >= 0.6 is 11.6 Å². The minimum atomic E-state index is -1.27. The lowest BCUT2D eigenvalue weighted by Gasteiger charge is -2.09. The fourth-order valence-corrected chi connectivity index (χ4v) is 1.76. The molecule has 2 aromatic carbocycles. The molecule has 0 aliphatic carbocycles. The van der Waals surface area contributed by atoms with Gasteiger partial charge in [-0.2, -0.15) is 4.39 Å². The minimum Gasteiger partial charge on any atom is -0.478 e. The second-order valence-electron chi connectivity index (χ2n) is 3.92. The van der Waals surface area contributed by atoms with E-state index >= 15 is 0 Å². The molecular weight excluding hydrogens is 305 g/mol. The average Bonchev–Trinajstić information content (AvgIpc) is 2.40. The summed E-state index contributed by atoms with van der Waals surface area (Å²) in [6.07, 6.45) is 0. The fraction of sp³-hybridized carbons (Fsp3) is 0. The van der Waals surface area contributed by atoms with Crippen LogP contribution in [0.25, 0.3) is 0 Å². The molecule has 0 saturated heterocycles. The van der Waals surface area contributed by atoms with Crippen molar-refractivity contribution in [2.24, 2.45) is 0 Å². The molecule has 0 atom stereocenters. The van der Waals surface area contributed by atoms with E-state index in [0.29, 0.717) is 0 Å². The van der Waals surface area contributed by atoms with Crippen LogP contribution in [-0.4, -0.2) is 16.0 Å². The molecule has 0 saturated carbocycles. The summed E-state index contributed by atoms with van der Waals surface area (Å²) in [7, 11) is 0. The van der Waals surface area contributed by atoms with Gasteiger partial charge in [0.1, 0.15) is 17.1 Å². The van der Waals surface area contributed by atoms with Crippen LogP contribution in [0.4, 0.5) is 10.1 Å². The lowest BCUT2D eigenvalue weighted by Crippen LogP contribution is -2.00. The zero-order valence-corrected chi connectivity index (χ0v) is 11.0. The number of ether oxygens (including phenoxy) is 1. The smallest absolute Gasteiger partial charge is 0.339 e. The number of rotatable bonds is 4. The zero-order valence-electron chi connectivity index (χ0n) is 10.2. The molecule has 0 amide bonds. The van der Waals surface area contributed by atoms with Crippen LogP contribution in [0.3, 0.4) is 0 Å². The Hall–Kier alpha value is -2.67. The molecule has 1 N–H and O–H groups in total. The van der Waals surface area contributed by atoms with E-state index in [1.165, 1.54) is 24.3 Å². The summed E-state index contributed by atoms with van der Waals surface area (Å²) in [5.74, 6) is -2.47. The first kappa shape index (κ1) is 14.7. The number of nitro benzene ring substituents is 1. The first-order valence-corrected chi connectivity index (χ1v) is 5.91. The summed E-state index contributed by atoms with van der Waals surface area (Å²) in [6, 6.07) is 6.80. The maximum atomic E-state index is 13.5. The van der Waals surface area contributed by atoms with Gasteiger partial charge < -0.3 is 9.84 Å². The average molecular weight is 312 g/mol. The number of nitrogens with zero attached hydrogens (tertiary/aromatic N) is 1. The summed E-state index contributed by atoms with van der Waals surface area (Å²) in [6.45, 7) is 0. The Bertz CT molecular complexity index is 734. The van der Waals surface area contributed by atoms with Crippen LogP contribution in [0.1, 0.15) is 10.4 Å². The van der Waals surface area contributed by atoms with Gasteiger partial charge in [0.15, 0.2) is 0 Å². The molecule has 6 nitrogen and oxygen atoms in total. The highest BCUT2D eigenvalue weighted by Crippen LogP contribution is 2.30. The number of carboxylic acid groups (broad SMARTS) is 1. The SMILES string of the molecule is O=C(O)c1cc(Cl)ccc1Oc1ccc([N+](=O)[O-])c(F)c1. The van der Waals surface area contributed by atoms with Crippen molar-refractivity contribution in [3.63, 3.8) is 0 Å². The summed E-state index contributed by atoms with van der Waals surface area (Å²) in [5.41, 5.74) is -0.904. The number of nitro groups is 1. The zero-order chi connectivity index (χ0) is 15.6. The van der Waals surface area contributed by atoms with Crippen LogP contribution in [0.5, 0.6) is 11.5 Å². The second-order valence-corrected chi connectivity index (χ2v) is 4.35. The summed E-state index contributed by atoms with van der Waals surface area (Å²) in [4.78, 5) is 20.7. The van der Waals surface area contributed by atoms with Gasteiger partial charge in [0.05, 0.1) is 4.92 Å². The van der Waals surface area contributed by atoms with Crippen molar-refractivity contribution in [1.82, 2.24) is 0 Å². The third-order valence-electron chi connectivity index (χ3n) is 2.52. The van der Waals surface area contributed by atoms with Crippen molar-refractivity contribution in [2.45, 2.75) is 0 Å². The number of halogens is 2. The van der Waals surface area contributed by atoms with E-state index in [0.717, 1.165) is 12.1 Å². The van der Waals surface area contributed by atoms with Gasteiger partial charge in [0, 0.05) is 17.2 Å². The Labute approximate surface area is 122 Å². The Morgan fingerprint density at radius 3 is 2.57 bits per heavy atom. The molecule has 2 aromatic rings. The minimum absolute atomic E-state index is 0.0554. The van der Waals surface area contributed by atoms with E-state index < -0.39 is 22.4 Å². The van der Waals surface area contributed by atoms with Crippen LogP contribution in [0.2, 0.25) is 5.02 Å². The normalized spacial score (nSPS) is 10.2. The van der Waals surface area contributed by atoms with Gasteiger partial charge in [-0.3, -0.25) is 10.1 Å². The number of aromatic carboxylic acids is 1. The van der Waals surface area contributed by atoms with Crippen LogP contribution in [0, 0.1) is 15.9 Å². The first-order chi connectivity index (χ1) is 9.88. The van der Waals surface area contributed by atoms with Crippen molar-refractivity contribution < 1.29 is 24.0 Å². The predicted octanol–water partition coefficient (Wildman–Crippen LogP) is 3.88. The molecule has 0 unspecified atom stereocenters. The van der Waals surface area contributed by atoms with Gasteiger partial charge in [-0.25, -0.2) is 4.79 Å². The molecule has 0 spiro atoms. The van der Waals surface area contributed by atoms with E-state index in [1.807, 2.05) is 0 Å². The van der Waals surface area contributed by atoms with Gasteiger partial charge in [-0.1, -0.05) is 11.6 Å². The summed E-state index contributed by atoms with van der Waals surface area (Å²) < 4.78 is 18.7. The highest BCUT2D eigenvalue weighted by atomic mass is 35.5. The Kier molecular flexibility index (Phi) is 4.04. The van der Waals surface area contributed by atoms with Crippen molar-refractivity contribution in [2.75, 3.05) is 0 Å². The molecule has 0 fully saturated rings. The lowest BCUT2D eigenvalue weighted by molar-refractivity contribution is -0.387. The van der Waals surface area contributed by atoms with E-state index in [4.69, 9.17) is 21.4 Å². The molecular formula is C13H7ClFNO5. The number of benzene rings is 2. The molecule has 0 aliphatic heterocycles. The van der Waals surface area contributed by atoms with E-state index in [2.05, 4.69) is 0 Å². The van der Waals surface area contributed by atoms with E-state index in [1.54, 1.807) is 0 Å². The third-order valence-corrected chi connectivity index (χ3v) is 2.75. The molecule has 108 valence electrons. The van der Waals surface area contributed by atoms with E-state index in [9.17, 15) is 19.3 Å². The quantitative estimate of drug-likeness (QED) is 0.683. The summed E-state index contributed by atoms with van der Waals surface area (Å²) in [5, 5.41) is 19.7. The molecule has 0 aromatic heterocycles. The maximum Gasteiger partial charge on any atom is 0.339 e. The number of hydrogen-bond acceptors (Lipinski definition) is 4. The van der Waals surface area contributed by atoms with Gasteiger partial charge in [0.25, 0.3) is 0 Å². The Balaban J connectivity index is 2.37. The Morgan fingerprint density at radius 1 is 1.29 bits per heavy atom. The molecule has 0 bridgehead atoms. The van der Waals surface area contributed by atoms with Crippen molar-refractivity contribution >= 4 is 23.3 Å². The molecule has 2 rings (SSSR count). The van der Waals surface area contributed by atoms with Crippen LogP contribution in [0.15, 0.2) is 36.4 Å². The second kappa shape index (κ2) is 5.76. The Morgan fingerprint density at radius 2 is 2.00 bits per heavy atom. The van der Waals surface area contributed by atoms with E-state index in [-0.39, 0.29) is 22.1 Å². The predicted molar refractivity (Wildman–Crippen MR) is 71.5 cm³/mol. The van der Waals surface area contributed by atoms with Gasteiger partial charge in [0.2, 0.25) is 5.82 Å². The van der Waals surface area contributed by atoms with Crippen molar-refractivity contribution in [1.29, 1.82) is 0 Å². The number of carboxylic acids is 1. The van der Waals surface area contributed by atoms with Crippen LogP contribution in [-0.2, 0) is 0 Å². The fourth-order valence-electron chi connectivity index (χ4n) is 1.58. The molecule has 8 heteroatoms. The maximum absolute atomic E-state index is 13.5. The molecule has 0 heterocycles. The largest absolute Gasteiger partial charge is 0.478 e. The standard InChI is InChI=1S/C13H7ClFNO5/c14-7-1-4-12(9(5-7)13(17)18)21-8-2-3-11(16(19)20)10(15)6-8/h1-6H,(H,17,18). The first-order valence-electron chi connectivity index (χ1n) is 5.53. The van der Waals surface area contributed by atoms with Gasteiger partial charge in [-0.15, -0.1) is 0 Å². The third kappa shape index (κ3) is 3.26. The highest BCUT2D eigenvalue weighted by Gasteiger charge is 2.17. The van der Waals surface area contributed by atoms with Crippen LogP contribution < -0.4 is 4.74 Å².